The Hall–Kier alpha value is -5.11. The van der Waals surface area contributed by atoms with Crippen molar-refractivity contribution in [2.24, 2.45) is 11.8 Å². The van der Waals surface area contributed by atoms with Crippen LogP contribution in [0.4, 0.5) is 30.2 Å². The number of carboxylic acids is 1. The average molecular weight is 1200 g/mol. The van der Waals surface area contributed by atoms with E-state index in [1.165, 1.54) is 28.6 Å². The fraction of sp³-hybridized carbons (Fsp3) is 0.386. The van der Waals surface area contributed by atoms with Crippen molar-refractivity contribution in [3.8, 4) is 22.4 Å². The Kier molecular flexibility index (Phi) is 18.4. The molecule has 0 amide bonds. The third-order valence-corrected chi connectivity index (χ3v) is 21.3. The summed E-state index contributed by atoms with van der Waals surface area (Å²) in [5.74, 6) is -0.863. The molecule has 0 saturated carbocycles. The number of aromatic nitrogens is 1. The second-order valence-corrected chi connectivity index (χ2v) is 27.7. The van der Waals surface area contributed by atoms with Gasteiger partial charge in [0.1, 0.15) is 0 Å². The van der Waals surface area contributed by atoms with Crippen LogP contribution in [0.1, 0.15) is 60.8 Å². The molecule has 4 heterocycles. The zero-order valence-corrected chi connectivity index (χ0v) is 48.7. The van der Waals surface area contributed by atoms with E-state index in [4.69, 9.17) is 30.4 Å². The van der Waals surface area contributed by atoms with Crippen LogP contribution < -0.4 is 19.8 Å². The Morgan fingerprint density at radius 1 is 0.838 bits per heavy atom. The molecule has 2 atom stereocenters. The molecule has 6 aromatic rings. The summed E-state index contributed by atoms with van der Waals surface area (Å²) in [5, 5.41) is 11.0. The number of sulfone groups is 1. The number of phosphoric acid groups is 1. The standard InChI is InChI=1S/C57H65ClF3N5O10P2S2/c1-39(2)66-40(3)53(56(67)68)54(55(66)43-12-15-46(58)16-13-43)45-8-7-9-49(35-45)64-30-28-63(29-31-64)47-17-19-48(20-18-47)65-32-33-75-77(65,69)50-21-14-44(52(36-50)80(73,74)57(59,60)61)34-42(38-79-51-10-5-4-6-11-51)24-27-62-25-22-41(23-26-62)37-76-78(70,71)72/h4-21,35-36,39,41-42H,22-34,37-38H2,1-3H3,(H,67,68)(H2,70,71,72)/t42-,77-/m0/s1. The molecule has 15 nitrogen and oxygen atoms in total. The second-order valence-electron chi connectivity index (χ2n) is 20.8. The van der Waals surface area contributed by atoms with Crippen LogP contribution in [-0.2, 0) is 34.4 Å². The van der Waals surface area contributed by atoms with Crippen LogP contribution in [0.15, 0.2) is 131 Å². The molecule has 3 saturated heterocycles. The monoisotopic (exact) mass is 1200 g/mol. The minimum absolute atomic E-state index is 0.0127. The Morgan fingerprint density at radius 3 is 2.11 bits per heavy atom. The molecule has 1 aromatic heterocycles. The summed E-state index contributed by atoms with van der Waals surface area (Å²) in [7, 11) is -14.7. The predicted octanol–water partition coefficient (Wildman–Crippen LogP) is 12.2. The first kappa shape index (κ1) is 59.5. The quantitative estimate of drug-likeness (QED) is 0.0484. The van der Waals surface area contributed by atoms with Crippen LogP contribution in [0.2, 0.25) is 5.02 Å². The highest BCUT2D eigenvalue weighted by molar-refractivity contribution is 7.99. The van der Waals surface area contributed by atoms with Crippen molar-refractivity contribution >= 4 is 76.9 Å². The predicted molar refractivity (Wildman–Crippen MR) is 310 cm³/mol. The van der Waals surface area contributed by atoms with Crippen molar-refractivity contribution in [2.45, 2.75) is 67.8 Å². The number of piperazine rings is 1. The van der Waals surface area contributed by atoms with Gasteiger partial charge in [-0.2, -0.15) is 13.2 Å². The number of likely N-dealkylation sites (tertiary alicyclic amines) is 1. The minimum Gasteiger partial charge on any atom is -0.478 e. The summed E-state index contributed by atoms with van der Waals surface area (Å²) in [6.45, 7) is 10.4. The highest BCUT2D eigenvalue weighted by Gasteiger charge is 2.49. The molecule has 0 spiro atoms. The maximum absolute atomic E-state index is 15.1. The van der Waals surface area contributed by atoms with Gasteiger partial charge in [-0.1, -0.05) is 60.1 Å². The number of thioether (sulfide) groups is 1. The fourth-order valence-electron chi connectivity index (χ4n) is 11.1. The summed E-state index contributed by atoms with van der Waals surface area (Å²) in [6, 6.07) is 35.8. The number of alkyl halides is 3. The molecule has 0 unspecified atom stereocenters. The largest absolute Gasteiger partial charge is 0.501 e. The topological polar surface area (TPSA) is 182 Å². The van der Waals surface area contributed by atoms with Crippen molar-refractivity contribution < 1.29 is 59.5 Å². The number of nitrogens with zero attached hydrogens (tertiary/aromatic N) is 5. The van der Waals surface area contributed by atoms with Gasteiger partial charge in [-0.25, -0.2) is 17.8 Å². The van der Waals surface area contributed by atoms with Crippen molar-refractivity contribution in [3.63, 3.8) is 0 Å². The van der Waals surface area contributed by atoms with Crippen LogP contribution in [0, 0.1) is 18.8 Å². The van der Waals surface area contributed by atoms with Gasteiger partial charge in [-0.3, -0.25) is 13.8 Å². The van der Waals surface area contributed by atoms with Gasteiger partial charge in [0.15, 0.2) is 0 Å². The normalized spacial score (nSPS) is 18.4. The molecule has 3 fully saturated rings. The molecule has 3 aliphatic heterocycles. The van der Waals surface area contributed by atoms with E-state index in [0.29, 0.717) is 92.8 Å². The molecular formula is C57H65ClF3N5O10P2S2. The molecule has 5 aromatic carbocycles. The highest BCUT2D eigenvalue weighted by atomic mass is 35.5. The Balaban J connectivity index is 0.908. The van der Waals surface area contributed by atoms with E-state index >= 15 is 4.57 Å². The number of piperidine rings is 1. The van der Waals surface area contributed by atoms with Gasteiger partial charge < -0.3 is 38.7 Å². The molecular weight excluding hydrogens is 1130 g/mol. The number of aromatic carboxylic acids is 1. The van der Waals surface area contributed by atoms with Crippen molar-refractivity contribution in [3.05, 3.63) is 143 Å². The number of anilines is 3. The fourth-order valence-corrected chi connectivity index (χ4v) is 16.1. The smallest absolute Gasteiger partial charge is 0.478 e. The van der Waals surface area contributed by atoms with Gasteiger partial charge in [0.2, 0.25) is 0 Å². The SMILES string of the molecule is Cc1c(C(=O)O)c(-c2cccc(N3CCN(c4ccc(N5CCO[P@@]5(=O)c5ccc(C[C@H](CCN6CCC(COP(=O)(O)O)CC6)CSc6ccccc6)c(S(=O)(=O)C(F)(F)F)c5)cc4)CC3)c2)c(-c2ccc(Cl)cc2)n1C(C)C. The Bertz CT molecular complexity index is 3370. The maximum atomic E-state index is 15.1. The molecule has 9 rings (SSSR count). The van der Waals surface area contributed by atoms with Gasteiger partial charge in [0.05, 0.1) is 41.2 Å². The summed E-state index contributed by atoms with van der Waals surface area (Å²) in [5.41, 5.74) is 0.603. The molecule has 428 valence electrons. The summed E-state index contributed by atoms with van der Waals surface area (Å²) in [4.78, 5) is 37.9. The van der Waals surface area contributed by atoms with Gasteiger partial charge >= 0.3 is 26.8 Å². The van der Waals surface area contributed by atoms with E-state index in [0.717, 1.165) is 39.2 Å². The van der Waals surface area contributed by atoms with Gasteiger partial charge in [-0.05, 0) is 167 Å². The lowest BCUT2D eigenvalue weighted by Gasteiger charge is -2.37. The first-order chi connectivity index (χ1) is 38.0. The van der Waals surface area contributed by atoms with E-state index < -0.39 is 41.6 Å². The summed E-state index contributed by atoms with van der Waals surface area (Å²) < 4.78 is 111. The average Bonchev–Trinajstić information content (AvgIpc) is 4.08. The molecule has 0 bridgehead atoms. The first-order valence-electron chi connectivity index (χ1n) is 26.5. The van der Waals surface area contributed by atoms with Crippen molar-refractivity contribution in [1.82, 2.24) is 9.47 Å². The van der Waals surface area contributed by atoms with Crippen molar-refractivity contribution in [1.29, 1.82) is 0 Å². The van der Waals surface area contributed by atoms with Crippen LogP contribution in [0.25, 0.3) is 22.4 Å². The first-order valence-corrected chi connectivity index (χ1v) is 32.5. The van der Waals surface area contributed by atoms with E-state index in [2.05, 4.69) is 19.3 Å². The number of carbonyl (C=O) groups is 1. The lowest BCUT2D eigenvalue weighted by Crippen LogP contribution is -2.46. The molecule has 0 radical (unpaired) electrons. The van der Waals surface area contributed by atoms with Gasteiger partial charge in [0.25, 0.3) is 9.84 Å². The van der Waals surface area contributed by atoms with E-state index in [1.54, 1.807) is 24.3 Å². The van der Waals surface area contributed by atoms with Crippen LogP contribution in [0.5, 0.6) is 0 Å². The van der Waals surface area contributed by atoms with E-state index in [9.17, 15) is 36.1 Å². The van der Waals surface area contributed by atoms with Gasteiger partial charge in [0, 0.05) is 76.2 Å². The number of hydrogen-bond acceptors (Lipinski definition) is 11. The van der Waals surface area contributed by atoms with E-state index in [1.807, 2.05) is 99.6 Å². The Labute approximate surface area is 474 Å². The Morgan fingerprint density at radius 2 is 1.49 bits per heavy atom. The number of carboxylic acid groups (broad SMARTS) is 1. The maximum Gasteiger partial charge on any atom is 0.501 e. The minimum atomic E-state index is -5.93. The van der Waals surface area contributed by atoms with E-state index in [-0.39, 0.29) is 60.5 Å². The molecule has 23 heteroatoms. The van der Waals surface area contributed by atoms with Crippen LogP contribution >= 0.6 is 38.7 Å². The third kappa shape index (κ3) is 13.4. The molecule has 3 N–H and O–H groups in total. The van der Waals surface area contributed by atoms with Gasteiger partial charge in [-0.15, -0.1) is 11.8 Å². The lowest BCUT2D eigenvalue weighted by molar-refractivity contribution is -0.0436. The number of phosphoric ester groups is 1. The number of hydrogen-bond donors (Lipinski definition) is 3. The lowest BCUT2D eigenvalue weighted by atomic mass is 9.95. The molecule has 3 aliphatic rings. The zero-order valence-electron chi connectivity index (χ0n) is 44.5. The number of rotatable bonds is 20. The molecule has 80 heavy (non-hydrogen) atoms. The number of halogens is 4. The second kappa shape index (κ2) is 24.8. The zero-order chi connectivity index (χ0) is 57.1. The highest BCUT2D eigenvalue weighted by Crippen LogP contribution is 2.56. The van der Waals surface area contributed by atoms with Crippen molar-refractivity contribution in [2.75, 3.05) is 85.8 Å². The third-order valence-electron chi connectivity index (χ3n) is 15.2. The summed E-state index contributed by atoms with van der Waals surface area (Å²) >= 11 is 7.80. The molecule has 0 aliphatic carbocycles. The number of benzene rings is 5. The van der Waals surface area contributed by atoms with Crippen LogP contribution in [-0.4, -0.2) is 116 Å². The van der Waals surface area contributed by atoms with Crippen LogP contribution in [0.3, 0.4) is 0 Å². The summed E-state index contributed by atoms with van der Waals surface area (Å²) in [6.07, 6.45) is 1.78.